The van der Waals surface area contributed by atoms with Crippen molar-refractivity contribution < 1.29 is 0 Å². The fourth-order valence-corrected chi connectivity index (χ4v) is 3.12. The van der Waals surface area contributed by atoms with Gasteiger partial charge < -0.3 is 5.32 Å². The topological polar surface area (TPSA) is 29.9 Å². The summed E-state index contributed by atoms with van der Waals surface area (Å²) in [5, 5.41) is 8.24. The minimum absolute atomic E-state index is 0.384. The number of aromatic nitrogens is 2. The summed E-state index contributed by atoms with van der Waals surface area (Å²) in [6.07, 6.45) is 5.46. The highest BCUT2D eigenvalue weighted by molar-refractivity contribution is 9.10. The lowest BCUT2D eigenvalue weighted by Crippen LogP contribution is -2.31. The molecule has 0 bridgehead atoms. The molecule has 0 aromatic carbocycles. The molecule has 1 heterocycles. The van der Waals surface area contributed by atoms with Crippen LogP contribution in [0.3, 0.4) is 0 Å². The van der Waals surface area contributed by atoms with Gasteiger partial charge in [-0.1, -0.05) is 33.6 Å². The monoisotopic (exact) mass is 329 g/mol. The van der Waals surface area contributed by atoms with Gasteiger partial charge in [-0.25, -0.2) is 0 Å². The van der Waals surface area contributed by atoms with Crippen molar-refractivity contribution in [3.05, 3.63) is 16.4 Å². The van der Waals surface area contributed by atoms with Crippen molar-refractivity contribution >= 4 is 15.9 Å². The van der Waals surface area contributed by atoms with E-state index in [-0.39, 0.29) is 0 Å². The summed E-state index contributed by atoms with van der Waals surface area (Å²) in [6, 6.07) is 0.774. The molecule has 4 heteroatoms. The Morgan fingerprint density at radius 3 is 2.37 bits per heavy atom. The number of rotatable bonds is 8. The van der Waals surface area contributed by atoms with Crippen LogP contribution in [-0.2, 0) is 0 Å². The van der Waals surface area contributed by atoms with Crippen LogP contribution >= 0.6 is 15.9 Å². The van der Waals surface area contributed by atoms with Crippen molar-refractivity contribution in [1.82, 2.24) is 15.1 Å². The second kappa shape index (κ2) is 8.05. The Kier molecular flexibility index (Phi) is 7.08. The minimum Gasteiger partial charge on any atom is -0.308 e. The first kappa shape index (κ1) is 16.7. The van der Waals surface area contributed by atoms with Crippen molar-refractivity contribution in [2.45, 2.75) is 66.0 Å². The molecule has 1 aromatic rings. The molecule has 1 atom stereocenters. The smallest absolute Gasteiger partial charge is 0.0701 e. The highest BCUT2D eigenvalue weighted by Gasteiger charge is 2.26. The minimum atomic E-state index is 0.384. The van der Waals surface area contributed by atoms with E-state index >= 15 is 0 Å². The highest BCUT2D eigenvalue weighted by Crippen LogP contribution is 2.33. The zero-order valence-electron chi connectivity index (χ0n) is 12.9. The molecule has 0 saturated carbocycles. The molecule has 0 aliphatic rings. The summed E-state index contributed by atoms with van der Waals surface area (Å²) in [7, 11) is 0. The Labute approximate surface area is 126 Å². The van der Waals surface area contributed by atoms with Crippen molar-refractivity contribution in [2.75, 3.05) is 6.54 Å². The van der Waals surface area contributed by atoms with Gasteiger partial charge in [-0.15, -0.1) is 0 Å². The molecular weight excluding hydrogens is 302 g/mol. The van der Waals surface area contributed by atoms with Gasteiger partial charge in [0.1, 0.15) is 0 Å². The maximum absolute atomic E-state index is 4.52. The Hall–Kier alpha value is -0.350. The average Bonchev–Trinajstić information content (AvgIpc) is 2.76. The molecule has 1 N–H and O–H groups in total. The molecule has 19 heavy (non-hydrogen) atoms. The summed E-state index contributed by atoms with van der Waals surface area (Å²) in [5.41, 5.74) is 1.30. The third kappa shape index (κ3) is 4.06. The average molecular weight is 330 g/mol. The molecule has 0 spiro atoms. The first-order chi connectivity index (χ1) is 9.06. The van der Waals surface area contributed by atoms with Crippen LogP contribution in [-0.4, -0.2) is 16.3 Å². The molecule has 1 aromatic heterocycles. The largest absolute Gasteiger partial charge is 0.308 e. The molecule has 0 saturated heterocycles. The molecule has 110 valence electrons. The predicted octanol–water partition coefficient (Wildman–Crippen LogP) is 4.70. The van der Waals surface area contributed by atoms with E-state index in [9.17, 15) is 0 Å². The standard InChI is InChI=1S/C15H28BrN3/c1-6-9-17-14(12(7-2)8-3)15-13(16)10-18-19(15)11(4)5/h10-12,14,17H,6-9H2,1-5H3. The van der Waals surface area contributed by atoms with E-state index in [0.717, 1.165) is 17.4 Å². The molecule has 1 unspecified atom stereocenters. The fourth-order valence-electron chi connectivity index (χ4n) is 2.60. The molecule has 3 nitrogen and oxygen atoms in total. The van der Waals surface area contributed by atoms with Crippen LogP contribution in [0, 0.1) is 5.92 Å². The van der Waals surface area contributed by atoms with Crippen LogP contribution in [0.2, 0.25) is 0 Å². The third-order valence-corrected chi connectivity index (χ3v) is 4.32. The molecule has 0 fully saturated rings. The van der Waals surface area contributed by atoms with Crippen LogP contribution in [0.5, 0.6) is 0 Å². The molecule has 1 rings (SSSR count). The fraction of sp³-hybridized carbons (Fsp3) is 0.800. The number of halogens is 1. The predicted molar refractivity (Wildman–Crippen MR) is 85.4 cm³/mol. The van der Waals surface area contributed by atoms with Gasteiger partial charge in [0.2, 0.25) is 0 Å². The van der Waals surface area contributed by atoms with E-state index in [0.29, 0.717) is 18.0 Å². The van der Waals surface area contributed by atoms with E-state index in [2.05, 4.69) is 65.6 Å². The van der Waals surface area contributed by atoms with Crippen LogP contribution in [0.1, 0.15) is 71.7 Å². The van der Waals surface area contributed by atoms with Gasteiger partial charge in [-0.3, -0.25) is 4.68 Å². The van der Waals surface area contributed by atoms with Crippen LogP contribution in [0.4, 0.5) is 0 Å². The van der Waals surface area contributed by atoms with Gasteiger partial charge in [0.05, 0.1) is 22.4 Å². The molecule has 0 radical (unpaired) electrons. The van der Waals surface area contributed by atoms with Crippen LogP contribution in [0.25, 0.3) is 0 Å². The molecule has 0 aliphatic heterocycles. The van der Waals surface area contributed by atoms with E-state index in [1.165, 1.54) is 18.5 Å². The zero-order valence-corrected chi connectivity index (χ0v) is 14.5. The summed E-state index contributed by atoms with van der Waals surface area (Å²) < 4.78 is 3.28. The zero-order chi connectivity index (χ0) is 14.4. The van der Waals surface area contributed by atoms with Gasteiger partial charge in [-0.2, -0.15) is 5.10 Å². The van der Waals surface area contributed by atoms with Crippen molar-refractivity contribution in [3.8, 4) is 0 Å². The van der Waals surface area contributed by atoms with E-state index in [1.54, 1.807) is 0 Å². The van der Waals surface area contributed by atoms with Crippen molar-refractivity contribution in [3.63, 3.8) is 0 Å². The maximum atomic E-state index is 4.52. The van der Waals surface area contributed by atoms with Gasteiger partial charge >= 0.3 is 0 Å². The van der Waals surface area contributed by atoms with Gasteiger partial charge in [0, 0.05) is 6.04 Å². The van der Waals surface area contributed by atoms with Crippen molar-refractivity contribution in [2.24, 2.45) is 5.92 Å². The van der Waals surface area contributed by atoms with Gasteiger partial charge in [0.25, 0.3) is 0 Å². The molecular formula is C15H28BrN3. The van der Waals surface area contributed by atoms with Crippen LogP contribution < -0.4 is 5.32 Å². The maximum Gasteiger partial charge on any atom is 0.0701 e. The van der Waals surface area contributed by atoms with E-state index in [1.807, 2.05) is 6.20 Å². The Morgan fingerprint density at radius 2 is 1.89 bits per heavy atom. The first-order valence-electron chi connectivity index (χ1n) is 7.52. The number of nitrogens with zero attached hydrogens (tertiary/aromatic N) is 2. The summed E-state index contributed by atoms with van der Waals surface area (Å²) in [5.74, 6) is 0.650. The van der Waals surface area contributed by atoms with Crippen LogP contribution in [0.15, 0.2) is 10.7 Å². The SMILES string of the molecule is CCCNC(c1c(Br)cnn1C(C)C)C(CC)CC. The molecule has 0 aliphatic carbocycles. The third-order valence-electron chi connectivity index (χ3n) is 3.71. The molecule has 0 amide bonds. The Balaban J connectivity index is 3.11. The van der Waals surface area contributed by atoms with E-state index < -0.39 is 0 Å². The Morgan fingerprint density at radius 1 is 1.26 bits per heavy atom. The number of hydrogen-bond acceptors (Lipinski definition) is 2. The number of hydrogen-bond donors (Lipinski definition) is 1. The lowest BCUT2D eigenvalue weighted by Gasteiger charge is -2.28. The van der Waals surface area contributed by atoms with Gasteiger partial charge in [-0.05, 0) is 48.7 Å². The first-order valence-corrected chi connectivity index (χ1v) is 8.32. The second-order valence-electron chi connectivity index (χ2n) is 5.42. The quantitative estimate of drug-likeness (QED) is 0.748. The Bertz CT molecular complexity index is 369. The summed E-state index contributed by atoms with van der Waals surface area (Å²) in [4.78, 5) is 0. The number of nitrogens with one attached hydrogen (secondary N) is 1. The summed E-state index contributed by atoms with van der Waals surface area (Å²) >= 11 is 3.68. The van der Waals surface area contributed by atoms with E-state index in [4.69, 9.17) is 0 Å². The van der Waals surface area contributed by atoms with Crippen molar-refractivity contribution in [1.29, 1.82) is 0 Å². The normalized spacial score (nSPS) is 13.5. The summed E-state index contributed by atoms with van der Waals surface area (Å²) in [6.45, 7) is 12.2. The van der Waals surface area contributed by atoms with Gasteiger partial charge in [0.15, 0.2) is 0 Å². The lowest BCUT2D eigenvalue weighted by atomic mass is 9.91. The second-order valence-corrected chi connectivity index (χ2v) is 6.28. The lowest BCUT2D eigenvalue weighted by molar-refractivity contribution is 0.315. The highest BCUT2D eigenvalue weighted by atomic mass is 79.9.